The smallest absolute Gasteiger partial charge is 0.161 e. The Morgan fingerprint density at radius 3 is 2.59 bits per heavy atom. The van der Waals surface area contributed by atoms with Crippen LogP contribution in [0, 0.1) is 0 Å². The van der Waals surface area contributed by atoms with Crippen LogP contribution in [0.2, 0.25) is 0 Å². The van der Waals surface area contributed by atoms with E-state index in [1.165, 1.54) is 0 Å². The van der Waals surface area contributed by atoms with Crippen molar-refractivity contribution in [1.29, 1.82) is 0 Å². The lowest BCUT2D eigenvalue weighted by molar-refractivity contribution is 0.354. The third kappa shape index (κ3) is 2.57. The molecule has 2 aromatic rings. The lowest BCUT2D eigenvalue weighted by Gasteiger charge is -2.14. The molecule has 0 saturated carbocycles. The number of methoxy groups -OCH3 is 2. The van der Waals surface area contributed by atoms with Gasteiger partial charge in [0.2, 0.25) is 0 Å². The summed E-state index contributed by atoms with van der Waals surface area (Å²) in [5.41, 5.74) is 5.79. The second kappa shape index (κ2) is 5.97. The number of hydrazone groups is 1. The number of phenols is 1. The zero-order valence-corrected chi connectivity index (χ0v) is 12.5. The van der Waals surface area contributed by atoms with E-state index in [-0.39, 0.29) is 11.8 Å². The third-order valence-electron chi connectivity index (χ3n) is 3.78. The summed E-state index contributed by atoms with van der Waals surface area (Å²) < 4.78 is 10.6. The van der Waals surface area contributed by atoms with Crippen molar-refractivity contribution in [3.8, 4) is 17.2 Å². The van der Waals surface area contributed by atoms with Gasteiger partial charge in [0.05, 0.1) is 26.0 Å². The van der Waals surface area contributed by atoms with Crippen LogP contribution in [0.3, 0.4) is 0 Å². The SMILES string of the molecule is COc1ccc([C@@H]2CC(c3ccccc3O)=NN2)cc1OC. The zero-order valence-electron chi connectivity index (χ0n) is 12.5. The molecule has 2 N–H and O–H groups in total. The van der Waals surface area contributed by atoms with Gasteiger partial charge in [-0.25, -0.2) is 0 Å². The molecule has 1 atom stereocenters. The van der Waals surface area contributed by atoms with E-state index >= 15 is 0 Å². The summed E-state index contributed by atoms with van der Waals surface area (Å²) in [4.78, 5) is 0. The van der Waals surface area contributed by atoms with Gasteiger partial charge in [0.15, 0.2) is 11.5 Å². The Morgan fingerprint density at radius 2 is 1.86 bits per heavy atom. The molecule has 22 heavy (non-hydrogen) atoms. The van der Waals surface area contributed by atoms with Gasteiger partial charge in [-0.2, -0.15) is 5.10 Å². The highest BCUT2D eigenvalue weighted by atomic mass is 16.5. The molecular weight excluding hydrogens is 280 g/mol. The molecule has 1 aliphatic heterocycles. The van der Waals surface area contributed by atoms with Gasteiger partial charge >= 0.3 is 0 Å². The molecule has 1 heterocycles. The number of hydrogen-bond donors (Lipinski definition) is 2. The number of aromatic hydroxyl groups is 1. The lowest BCUT2D eigenvalue weighted by Crippen LogP contribution is -2.10. The number of nitrogens with zero attached hydrogens (tertiary/aromatic N) is 1. The molecule has 2 aromatic carbocycles. The molecule has 0 fully saturated rings. The topological polar surface area (TPSA) is 63.1 Å². The molecule has 0 amide bonds. The first kappa shape index (κ1) is 14.3. The van der Waals surface area contributed by atoms with Gasteiger partial charge in [-0.3, -0.25) is 0 Å². The fourth-order valence-electron chi connectivity index (χ4n) is 2.59. The molecule has 0 spiro atoms. The van der Waals surface area contributed by atoms with Crippen molar-refractivity contribution in [2.45, 2.75) is 12.5 Å². The highest BCUT2D eigenvalue weighted by Gasteiger charge is 2.23. The fourth-order valence-corrected chi connectivity index (χ4v) is 2.59. The molecule has 5 heteroatoms. The van der Waals surface area contributed by atoms with E-state index in [9.17, 15) is 5.11 Å². The van der Waals surface area contributed by atoms with E-state index in [0.29, 0.717) is 17.9 Å². The summed E-state index contributed by atoms with van der Waals surface area (Å²) in [5.74, 6) is 1.64. The minimum absolute atomic E-state index is 0.0504. The molecule has 0 saturated heterocycles. The standard InChI is InChI=1S/C17H18N2O3/c1-21-16-8-7-11(9-17(16)22-2)13-10-14(19-18-13)12-5-3-4-6-15(12)20/h3-9,13,18,20H,10H2,1-2H3/t13-/m0/s1. The maximum absolute atomic E-state index is 9.93. The highest BCUT2D eigenvalue weighted by molar-refractivity contribution is 6.03. The van der Waals surface area contributed by atoms with Gasteiger partial charge in [0, 0.05) is 12.0 Å². The Hall–Kier alpha value is -2.69. The Bertz CT molecular complexity index is 713. The summed E-state index contributed by atoms with van der Waals surface area (Å²) in [7, 11) is 3.23. The number of phenolic OH excluding ortho intramolecular Hbond substituents is 1. The average molecular weight is 298 g/mol. The third-order valence-corrected chi connectivity index (χ3v) is 3.78. The van der Waals surface area contributed by atoms with Crippen molar-refractivity contribution < 1.29 is 14.6 Å². The lowest BCUT2D eigenvalue weighted by atomic mass is 9.98. The first-order chi connectivity index (χ1) is 10.7. The Morgan fingerprint density at radius 1 is 1.09 bits per heavy atom. The van der Waals surface area contributed by atoms with E-state index < -0.39 is 0 Å². The van der Waals surface area contributed by atoms with Gasteiger partial charge in [-0.1, -0.05) is 18.2 Å². The van der Waals surface area contributed by atoms with Crippen molar-refractivity contribution in [2.75, 3.05) is 14.2 Å². The number of benzene rings is 2. The van der Waals surface area contributed by atoms with E-state index in [1.807, 2.05) is 30.3 Å². The Labute approximate surface area is 129 Å². The van der Waals surface area contributed by atoms with Crippen molar-refractivity contribution in [2.24, 2.45) is 5.10 Å². The molecule has 1 aliphatic rings. The van der Waals surface area contributed by atoms with E-state index in [2.05, 4.69) is 10.5 Å². The van der Waals surface area contributed by atoms with Gasteiger partial charge in [0.1, 0.15) is 5.75 Å². The Balaban J connectivity index is 1.81. The molecule has 5 nitrogen and oxygen atoms in total. The van der Waals surface area contributed by atoms with Crippen molar-refractivity contribution in [1.82, 2.24) is 5.43 Å². The van der Waals surface area contributed by atoms with Crippen LogP contribution in [-0.4, -0.2) is 25.0 Å². The summed E-state index contributed by atoms with van der Waals surface area (Å²) in [6.45, 7) is 0. The number of hydrogen-bond acceptors (Lipinski definition) is 5. The maximum Gasteiger partial charge on any atom is 0.161 e. The van der Waals surface area contributed by atoms with E-state index in [0.717, 1.165) is 16.8 Å². The summed E-state index contributed by atoms with van der Waals surface area (Å²) in [5, 5.41) is 14.3. The normalized spacial score (nSPS) is 16.8. The van der Waals surface area contributed by atoms with Gasteiger partial charge in [0.25, 0.3) is 0 Å². The molecule has 0 bridgehead atoms. The predicted molar refractivity (Wildman–Crippen MR) is 84.7 cm³/mol. The Kier molecular flexibility index (Phi) is 3.87. The molecule has 114 valence electrons. The second-order valence-corrected chi connectivity index (χ2v) is 5.08. The molecule has 0 radical (unpaired) electrons. The van der Waals surface area contributed by atoms with Crippen LogP contribution >= 0.6 is 0 Å². The van der Waals surface area contributed by atoms with E-state index in [1.54, 1.807) is 26.4 Å². The van der Waals surface area contributed by atoms with E-state index in [4.69, 9.17) is 9.47 Å². The minimum atomic E-state index is 0.0504. The van der Waals surface area contributed by atoms with Gasteiger partial charge in [-0.15, -0.1) is 0 Å². The summed E-state index contributed by atoms with van der Waals surface area (Å²) >= 11 is 0. The highest BCUT2D eigenvalue weighted by Crippen LogP contribution is 2.33. The molecule has 0 unspecified atom stereocenters. The van der Waals surface area contributed by atoms with Crippen LogP contribution in [0.15, 0.2) is 47.6 Å². The molecule has 0 aliphatic carbocycles. The monoisotopic (exact) mass is 298 g/mol. The predicted octanol–water partition coefficient (Wildman–Crippen LogP) is 2.85. The first-order valence-electron chi connectivity index (χ1n) is 7.05. The average Bonchev–Trinajstić information content (AvgIpc) is 3.04. The van der Waals surface area contributed by atoms with Crippen LogP contribution < -0.4 is 14.9 Å². The van der Waals surface area contributed by atoms with Crippen LogP contribution in [0.1, 0.15) is 23.6 Å². The van der Waals surface area contributed by atoms with Crippen molar-refractivity contribution >= 4 is 5.71 Å². The van der Waals surface area contributed by atoms with Gasteiger partial charge < -0.3 is 20.0 Å². The van der Waals surface area contributed by atoms with Crippen LogP contribution in [0.4, 0.5) is 0 Å². The van der Waals surface area contributed by atoms with Crippen LogP contribution in [0.5, 0.6) is 17.2 Å². The number of nitrogens with one attached hydrogen (secondary N) is 1. The second-order valence-electron chi connectivity index (χ2n) is 5.08. The number of para-hydroxylation sites is 1. The number of rotatable bonds is 4. The largest absolute Gasteiger partial charge is 0.507 e. The molecule has 3 rings (SSSR count). The molecular formula is C17H18N2O3. The maximum atomic E-state index is 9.93. The minimum Gasteiger partial charge on any atom is -0.507 e. The quantitative estimate of drug-likeness (QED) is 0.911. The molecule has 0 aromatic heterocycles. The fraction of sp³-hybridized carbons (Fsp3) is 0.235. The summed E-state index contributed by atoms with van der Waals surface area (Å²) in [6.07, 6.45) is 0.701. The first-order valence-corrected chi connectivity index (χ1v) is 7.05. The van der Waals surface area contributed by atoms with Crippen LogP contribution in [-0.2, 0) is 0 Å². The van der Waals surface area contributed by atoms with Crippen LogP contribution in [0.25, 0.3) is 0 Å². The van der Waals surface area contributed by atoms with Gasteiger partial charge in [-0.05, 0) is 29.8 Å². The van der Waals surface area contributed by atoms with Crippen molar-refractivity contribution in [3.63, 3.8) is 0 Å². The summed E-state index contributed by atoms with van der Waals surface area (Å²) in [6, 6.07) is 13.1. The van der Waals surface area contributed by atoms with Crippen molar-refractivity contribution in [3.05, 3.63) is 53.6 Å². The number of ether oxygens (including phenoxy) is 2. The zero-order chi connectivity index (χ0) is 15.5.